The standard InChI is InChI=1S/C16H22N2OS/c1-20-16(7-4-8-16)11-18-15(19)13-9-12-5-2-3-6-14(12)17-10-13/h2-3,5-6,13,17H,4,7-11H2,1H3,(H,18,19). The molecule has 2 N–H and O–H groups in total. The van der Waals surface area contributed by atoms with E-state index in [2.05, 4.69) is 29.0 Å². The van der Waals surface area contributed by atoms with Crippen LogP contribution in [0.15, 0.2) is 24.3 Å². The van der Waals surface area contributed by atoms with Crippen LogP contribution < -0.4 is 10.6 Å². The van der Waals surface area contributed by atoms with E-state index in [9.17, 15) is 4.79 Å². The van der Waals surface area contributed by atoms with Crippen molar-refractivity contribution >= 4 is 23.4 Å². The summed E-state index contributed by atoms with van der Waals surface area (Å²) in [5.41, 5.74) is 2.43. The zero-order chi connectivity index (χ0) is 14.0. The van der Waals surface area contributed by atoms with E-state index in [0.29, 0.717) is 4.75 Å². The van der Waals surface area contributed by atoms with Crippen molar-refractivity contribution in [2.75, 3.05) is 24.7 Å². The van der Waals surface area contributed by atoms with Crippen molar-refractivity contribution in [1.29, 1.82) is 0 Å². The first-order chi connectivity index (χ1) is 9.72. The Kier molecular flexibility index (Phi) is 3.92. The summed E-state index contributed by atoms with van der Waals surface area (Å²) in [6.07, 6.45) is 6.78. The molecule has 1 aromatic rings. The van der Waals surface area contributed by atoms with Crippen LogP contribution in [-0.2, 0) is 11.2 Å². The molecule has 1 atom stereocenters. The molecule has 0 spiro atoms. The third-order valence-corrected chi connectivity index (χ3v) is 6.09. The predicted octanol–water partition coefficient (Wildman–Crippen LogP) is 2.67. The molecule has 1 aliphatic carbocycles. The molecular weight excluding hydrogens is 268 g/mol. The molecule has 20 heavy (non-hydrogen) atoms. The van der Waals surface area contributed by atoms with E-state index >= 15 is 0 Å². The van der Waals surface area contributed by atoms with E-state index in [0.717, 1.165) is 19.5 Å². The van der Waals surface area contributed by atoms with Crippen LogP contribution in [0.5, 0.6) is 0 Å². The number of hydrogen-bond donors (Lipinski definition) is 2. The SMILES string of the molecule is CSC1(CNC(=O)C2CNc3ccccc3C2)CCC1. The third-order valence-electron chi connectivity index (χ3n) is 4.68. The van der Waals surface area contributed by atoms with E-state index in [1.165, 1.54) is 30.5 Å². The molecule has 0 bridgehead atoms. The molecule has 4 heteroatoms. The quantitative estimate of drug-likeness (QED) is 0.896. The Morgan fingerprint density at radius 1 is 1.45 bits per heavy atom. The normalized spacial score (nSPS) is 23.1. The van der Waals surface area contributed by atoms with Crippen LogP contribution in [0.3, 0.4) is 0 Å². The molecule has 2 aliphatic rings. The number of hydrogen-bond acceptors (Lipinski definition) is 3. The molecular formula is C16H22N2OS. The van der Waals surface area contributed by atoms with Crippen LogP contribution >= 0.6 is 11.8 Å². The van der Waals surface area contributed by atoms with Gasteiger partial charge in [0.2, 0.25) is 5.91 Å². The highest BCUT2D eigenvalue weighted by atomic mass is 32.2. The molecule has 3 rings (SSSR count). The lowest BCUT2D eigenvalue weighted by molar-refractivity contribution is -0.124. The zero-order valence-corrected chi connectivity index (χ0v) is 12.8. The molecule has 1 aromatic carbocycles. The molecule has 0 radical (unpaired) electrons. The van der Waals surface area contributed by atoms with E-state index in [1.807, 2.05) is 23.9 Å². The smallest absolute Gasteiger partial charge is 0.225 e. The maximum absolute atomic E-state index is 12.4. The lowest BCUT2D eigenvalue weighted by atomic mass is 9.84. The number of carbonyl (C=O) groups is 1. The lowest BCUT2D eigenvalue weighted by Gasteiger charge is -2.40. The van der Waals surface area contributed by atoms with Crippen LogP contribution in [0.2, 0.25) is 0 Å². The molecule has 1 aliphatic heterocycles. The molecule has 1 unspecified atom stereocenters. The van der Waals surface area contributed by atoms with E-state index in [4.69, 9.17) is 0 Å². The van der Waals surface area contributed by atoms with Crippen LogP contribution in [-0.4, -0.2) is 30.0 Å². The molecule has 1 heterocycles. The maximum Gasteiger partial charge on any atom is 0.225 e. The van der Waals surface area contributed by atoms with Crippen LogP contribution in [0.1, 0.15) is 24.8 Å². The molecule has 3 nitrogen and oxygen atoms in total. The molecule has 0 aromatic heterocycles. The van der Waals surface area contributed by atoms with Crippen molar-refractivity contribution < 1.29 is 4.79 Å². The van der Waals surface area contributed by atoms with Crippen molar-refractivity contribution in [1.82, 2.24) is 5.32 Å². The minimum atomic E-state index is 0.0592. The summed E-state index contributed by atoms with van der Waals surface area (Å²) in [7, 11) is 0. The van der Waals surface area contributed by atoms with Gasteiger partial charge in [-0.1, -0.05) is 24.6 Å². The van der Waals surface area contributed by atoms with E-state index in [1.54, 1.807) is 0 Å². The Morgan fingerprint density at radius 3 is 2.95 bits per heavy atom. The van der Waals surface area contributed by atoms with Gasteiger partial charge in [-0.25, -0.2) is 0 Å². The maximum atomic E-state index is 12.4. The van der Waals surface area contributed by atoms with Gasteiger partial charge >= 0.3 is 0 Å². The van der Waals surface area contributed by atoms with Crippen LogP contribution in [0.25, 0.3) is 0 Å². The number of nitrogens with one attached hydrogen (secondary N) is 2. The van der Waals surface area contributed by atoms with Gasteiger partial charge in [0.15, 0.2) is 0 Å². The van der Waals surface area contributed by atoms with E-state index < -0.39 is 0 Å². The predicted molar refractivity (Wildman–Crippen MR) is 85.2 cm³/mol. The van der Waals surface area contributed by atoms with E-state index in [-0.39, 0.29) is 11.8 Å². The van der Waals surface area contributed by atoms with Gasteiger partial charge in [-0.15, -0.1) is 0 Å². The zero-order valence-electron chi connectivity index (χ0n) is 11.9. The molecule has 108 valence electrons. The summed E-state index contributed by atoms with van der Waals surface area (Å²) in [6.45, 7) is 1.57. The highest BCUT2D eigenvalue weighted by Gasteiger charge is 2.37. The fraction of sp³-hybridized carbons (Fsp3) is 0.562. The average molecular weight is 290 g/mol. The summed E-state index contributed by atoms with van der Waals surface area (Å²) in [5.74, 6) is 0.260. The number of carbonyl (C=O) groups excluding carboxylic acids is 1. The highest BCUT2D eigenvalue weighted by Crippen LogP contribution is 2.42. The van der Waals surface area contributed by atoms with Gasteiger partial charge < -0.3 is 10.6 Å². The summed E-state index contributed by atoms with van der Waals surface area (Å²) in [4.78, 5) is 12.4. The Labute approximate surface area is 124 Å². The number of para-hydroxylation sites is 1. The summed E-state index contributed by atoms with van der Waals surface area (Å²) < 4.78 is 0.315. The summed E-state index contributed by atoms with van der Waals surface area (Å²) >= 11 is 1.91. The number of anilines is 1. The Bertz CT molecular complexity index is 493. The number of benzene rings is 1. The van der Waals surface area contributed by atoms with Gasteiger partial charge in [0.05, 0.1) is 5.92 Å². The second-order valence-corrected chi connectivity index (χ2v) is 7.17. The minimum absolute atomic E-state index is 0.0592. The van der Waals surface area contributed by atoms with Crippen LogP contribution in [0.4, 0.5) is 5.69 Å². The van der Waals surface area contributed by atoms with Gasteiger partial charge in [0.1, 0.15) is 0 Å². The van der Waals surface area contributed by atoms with Crippen molar-refractivity contribution in [3.8, 4) is 0 Å². The van der Waals surface area contributed by atoms with Gasteiger partial charge in [0.25, 0.3) is 0 Å². The number of thioether (sulfide) groups is 1. The third kappa shape index (κ3) is 2.66. The number of amides is 1. The number of fused-ring (bicyclic) bond motifs is 1. The van der Waals surface area contributed by atoms with Crippen molar-refractivity contribution in [3.05, 3.63) is 29.8 Å². The van der Waals surface area contributed by atoms with Crippen molar-refractivity contribution in [3.63, 3.8) is 0 Å². The minimum Gasteiger partial charge on any atom is -0.384 e. The largest absolute Gasteiger partial charge is 0.384 e. The first-order valence-electron chi connectivity index (χ1n) is 7.37. The van der Waals surface area contributed by atoms with Gasteiger partial charge in [-0.3, -0.25) is 4.79 Å². The Balaban J connectivity index is 1.56. The molecule has 1 amide bonds. The second-order valence-electron chi connectivity index (χ2n) is 5.90. The van der Waals surface area contributed by atoms with Gasteiger partial charge in [-0.2, -0.15) is 11.8 Å². The average Bonchev–Trinajstić information content (AvgIpc) is 2.46. The topological polar surface area (TPSA) is 41.1 Å². The highest BCUT2D eigenvalue weighted by molar-refractivity contribution is 8.00. The monoisotopic (exact) mass is 290 g/mol. The molecule has 0 saturated heterocycles. The fourth-order valence-corrected chi connectivity index (χ4v) is 3.96. The first-order valence-corrected chi connectivity index (χ1v) is 8.60. The van der Waals surface area contributed by atoms with Crippen LogP contribution in [0, 0.1) is 5.92 Å². The Hall–Kier alpha value is -1.16. The van der Waals surface area contributed by atoms with Gasteiger partial charge in [-0.05, 0) is 37.1 Å². The molecule has 1 saturated carbocycles. The van der Waals surface area contributed by atoms with Crippen molar-refractivity contribution in [2.45, 2.75) is 30.4 Å². The second kappa shape index (κ2) is 5.68. The number of rotatable bonds is 4. The Morgan fingerprint density at radius 2 is 2.25 bits per heavy atom. The summed E-state index contributed by atoms with van der Waals surface area (Å²) in [5, 5.41) is 6.54. The van der Waals surface area contributed by atoms with Gasteiger partial charge in [0, 0.05) is 23.5 Å². The summed E-state index contributed by atoms with van der Waals surface area (Å²) in [6, 6.07) is 8.26. The fourth-order valence-electron chi connectivity index (χ4n) is 3.04. The van der Waals surface area contributed by atoms with Crippen molar-refractivity contribution in [2.24, 2.45) is 5.92 Å². The molecule has 1 fully saturated rings. The first kappa shape index (κ1) is 13.8. The lowest BCUT2D eigenvalue weighted by Crippen LogP contribution is -2.48.